The highest BCUT2D eigenvalue weighted by molar-refractivity contribution is 7.53. The molecule has 0 radical (unpaired) electrons. The van der Waals surface area contributed by atoms with Gasteiger partial charge in [0.05, 0.1) is 13.2 Å². The van der Waals surface area contributed by atoms with Crippen LogP contribution in [0.2, 0.25) is 0 Å². The molecule has 1 rings (SSSR count). The van der Waals surface area contributed by atoms with Crippen LogP contribution in [0.25, 0.3) is 0 Å². The second kappa shape index (κ2) is 13.2. The van der Waals surface area contributed by atoms with Gasteiger partial charge < -0.3 is 13.8 Å². The fraction of sp³-hybridized carbons (Fsp3) is 0.682. The van der Waals surface area contributed by atoms with E-state index in [9.17, 15) is 9.36 Å². The van der Waals surface area contributed by atoms with Crippen LogP contribution in [0.1, 0.15) is 65.9 Å². The summed E-state index contributed by atoms with van der Waals surface area (Å²) in [6, 6.07) is 10.1. The molecule has 0 saturated carbocycles. The zero-order valence-corrected chi connectivity index (χ0v) is 19.6. The summed E-state index contributed by atoms with van der Waals surface area (Å²) in [6.45, 7) is 11.4. The number of rotatable bonds is 14. The van der Waals surface area contributed by atoms with Crippen LogP contribution >= 0.6 is 7.60 Å². The number of nitrogens with zero attached hydrogens (tertiary/aromatic N) is 1. The Morgan fingerprint density at radius 3 is 2.17 bits per heavy atom. The molecule has 166 valence electrons. The highest BCUT2D eigenvalue weighted by Crippen LogP contribution is 2.48. The third-order valence-corrected chi connectivity index (χ3v) is 6.10. The van der Waals surface area contributed by atoms with E-state index < -0.39 is 13.2 Å². The lowest BCUT2D eigenvalue weighted by Crippen LogP contribution is -2.27. The van der Waals surface area contributed by atoms with Crippen molar-refractivity contribution in [3.63, 3.8) is 0 Å². The van der Waals surface area contributed by atoms with Gasteiger partial charge in [-0.15, -0.1) is 0 Å². The zero-order chi connectivity index (χ0) is 21.8. The molecule has 1 aromatic rings. The summed E-state index contributed by atoms with van der Waals surface area (Å²) in [5.41, 5.74) is 0.712. The second-order valence-corrected chi connectivity index (χ2v) is 10.0. The van der Waals surface area contributed by atoms with E-state index in [1.807, 2.05) is 52.8 Å². The Morgan fingerprint density at radius 1 is 1.00 bits per heavy atom. The van der Waals surface area contributed by atoms with E-state index in [0.717, 1.165) is 31.4 Å². The van der Waals surface area contributed by atoms with Gasteiger partial charge in [-0.1, -0.05) is 36.8 Å². The molecule has 0 heterocycles. The predicted octanol–water partition coefficient (Wildman–Crippen LogP) is 5.61. The molecule has 0 aromatic heterocycles. The molecule has 0 unspecified atom stereocenters. The van der Waals surface area contributed by atoms with Gasteiger partial charge in [0.25, 0.3) is 0 Å². The van der Waals surface area contributed by atoms with Gasteiger partial charge in [0.15, 0.2) is 0 Å². The van der Waals surface area contributed by atoms with E-state index in [1.165, 1.54) is 0 Å². The monoisotopic (exact) mass is 427 g/mol. The average Bonchev–Trinajstić information content (AvgIpc) is 2.61. The minimum Gasteiger partial charge on any atom is -0.460 e. The lowest BCUT2D eigenvalue weighted by molar-refractivity contribution is -0.154. The molecule has 7 heteroatoms. The molecular formula is C22H38NO5P. The quantitative estimate of drug-likeness (QED) is 0.218. The molecule has 0 N–H and O–H groups in total. The van der Waals surface area contributed by atoms with Crippen molar-refractivity contribution in [3.05, 3.63) is 35.9 Å². The molecule has 29 heavy (non-hydrogen) atoms. The first-order chi connectivity index (χ1) is 13.7. The van der Waals surface area contributed by atoms with Gasteiger partial charge in [0.1, 0.15) is 11.9 Å². The number of carbonyl (C=O) groups is 1. The summed E-state index contributed by atoms with van der Waals surface area (Å²) in [5.74, 6) is -0.157. The summed E-state index contributed by atoms with van der Waals surface area (Å²) in [4.78, 5) is 13.9. The number of esters is 1. The fourth-order valence-corrected chi connectivity index (χ4v) is 4.73. The van der Waals surface area contributed by atoms with E-state index in [4.69, 9.17) is 13.8 Å². The van der Waals surface area contributed by atoms with Crippen molar-refractivity contribution in [2.45, 2.75) is 72.4 Å². The van der Waals surface area contributed by atoms with Crippen LogP contribution in [-0.4, -0.2) is 42.5 Å². The van der Waals surface area contributed by atoms with Crippen molar-refractivity contribution >= 4 is 13.6 Å². The van der Waals surface area contributed by atoms with Crippen LogP contribution in [0.15, 0.2) is 30.3 Å². The molecule has 0 aliphatic carbocycles. The first kappa shape index (κ1) is 25.8. The molecule has 0 fully saturated rings. The van der Waals surface area contributed by atoms with Gasteiger partial charge in [0, 0.05) is 13.0 Å². The van der Waals surface area contributed by atoms with Gasteiger partial charge in [-0.05, 0) is 59.6 Å². The van der Waals surface area contributed by atoms with Crippen molar-refractivity contribution in [3.8, 4) is 0 Å². The third-order valence-electron chi connectivity index (χ3n) is 4.05. The average molecular weight is 428 g/mol. The van der Waals surface area contributed by atoms with Crippen LogP contribution in [0, 0.1) is 0 Å². The second-order valence-electron chi connectivity index (χ2n) is 8.02. The minimum absolute atomic E-state index is 0.157. The van der Waals surface area contributed by atoms with Crippen molar-refractivity contribution in [1.82, 2.24) is 4.90 Å². The normalized spacial score (nSPS) is 12.3. The smallest absolute Gasteiger partial charge is 0.344 e. The van der Waals surface area contributed by atoms with E-state index in [1.54, 1.807) is 0 Å². The van der Waals surface area contributed by atoms with Crippen molar-refractivity contribution in [2.24, 2.45) is 0 Å². The van der Waals surface area contributed by atoms with Crippen LogP contribution < -0.4 is 0 Å². The van der Waals surface area contributed by atoms with Crippen LogP contribution in [-0.2, 0) is 29.7 Å². The molecule has 1 aromatic carbocycles. The molecule has 0 amide bonds. The number of hydrogen-bond acceptors (Lipinski definition) is 6. The summed E-state index contributed by atoms with van der Waals surface area (Å²) in [6.07, 6.45) is 3.26. The van der Waals surface area contributed by atoms with Crippen LogP contribution in [0.5, 0.6) is 0 Å². The van der Waals surface area contributed by atoms with Crippen LogP contribution in [0.4, 0.5) is 0 Å². The summed E-state index contributed by atoms with van der Waals surface area (Å²) in [7, 11) is -3.16. The standard InChI is InChI=1S/C22H38NO5P/c1-6-26-29(25,27-7-2)19-23(18-20-14-10-8-11-15-20)17-13-9-12-16-21(24)28-22(3,4)5/h8,10-11,14-15H,6-7,9,12-13,16-19H2,1-5H3. The van der Waals surface area contributed by atoms with E-state index in [2.05, 4.69) is 17.0 Å². The number of ether oxygens (including phenoxy) is 1. The van der Waals surface area contributed by atoms with Crippen molar-refractivity contribution in [2.75, 3.05) is 26.0 Å². The molecule has 6 nitrogen and oxygen atoms in total. The molecule has 0 bridgehead atoms. The number of unbranched alkanes of at least 4 members (excludes halogenated alkanes) is 2. The Morgan fingerprint density at radius 2 is 1.62 bits per heavy atom. The maximum absolute atomic E-state index is 13.0. The van der Waals surface area contributed by atoms with Gasteiger partial charge in [0.2, 0.25) is 0 Å². The van der Waals surface area contributed by atoms with Crippen LogP contribution in [0.3, 0.4) is 0 Å². The van der Waals surface area contributed by atoms with E-state index in [0.29, 0.717) is 26.2 Å². The summed E-state index contributed by atoms with van der Waals surface area (Å²) in [5, 5.41) is 0. The lowest BCUT2D eigenvalue weighted by Gasteiger charge is -2.27. The Kier molecular flexibility index (Phi) is 11.7. The number of hydrogen-bond donors (Lipinski definition) is 0. The Balaban J connectivity index is 2.58. The van der Waals surface area contributed by atoms with Crippen molar-refractivity contribution in [1.29, 1.82) is 0 Å². The van der Waals surface area contributed by atoms with Gasteiger partial charge in [-0.25, -0.2) is 0 Å². The first-order valence-corrected chi connectivity index (χ1v) is 12.3. The maximum atomic E-state index is 13.0. The van der Waals surface area contributed by atoms with E-state index in [-0.39, 0.29) is 12.3 Å². The Hall–Kier alpha value is -1.20. The molecule has 0 atom stereocenters. The van der Waals surface area contributed by atoms with Gasteiger partial charge in [-0.2, -0.15) is 0 Å². The summed E-state index contributed by atoms with van der Waals surface area (Å²) < 4.78 is 29.3. The predicted molar refractivity (Wildman–Crippen MR) is 117 cm³/mol. The highest BCUT2D eigenvalue weighted by atomic mass is 31.2. The SMILES string of the molecule is CCOP(=O)(CN(CCCCCC(=O)OC(C)(C)C)Cc1ccccc1)OCC. The molecule has 0 spiro atoms. The Bertz CT molecular complexity index is 620. The topological polar surface area (TPSA) is 65.1 Å². The molecule has 0 saturated heterocycles. The Labute approximate surface area is 176 Å². The maximum Gasteiger partial charge on any atom is 0.344 e. The van der Waals surface area contributed by atoms with Gasteiger partial charge in [-0.3, -0.25) is 14.3 Å². The third kappa shape index (κ3) is 12.2. The number of carbonyl (C=O) groups excluding carboxylic acids is 1. The fourth-order valence-electron chi connectivity index (χ4n) is 2.97. The minimum atomic E-state index is -3.16. The molecule has 0 aliphatic rings. The van der Waals surface area contributed by atoms with Crippen molar-refractivity contribution < 1.29 is 23.1 Å². The zero-order valence-electron chi connectivity index (χ0n) is 18.7. The summed E-state index contributed by atoms with van der Waals surface area (Å²) >= 11 is 0. The first-order valence-electron chi connectivity index (χ1n) is 10.5. The highest BCUT2D eigenvalue weighted by Gasteiger charge is 2.27. The largest absolute Gasteiger partial charge is 0.460 e. The number of benzene rings is 1. The van der Waals surface area contributed by atoms with E-state index >= 15 is 0 Å². The molecule has 0 aliphatic heterocycles. The van der Waals surface area contributed by atoms with Gasteiger partial charge >= 0.3 is 13.6 Å². The lowest BCUT2D eigenvalue weighted by atomic mass is 10.1. The molecular weight excluding hydrogens is 389 g/mol.